The van der Waals surface area contributed by atoms with Crippen LogP contribution in [-0.2, 0) is 16.4 Å². The predicted molar refractivity (Wildman–Crippen MR) is 91.6 cm³/mol. The van der Waals surface area contributed by atoms with Gasteiger partial charge in [0, 0.05) is 11.4 Å². The fourth-order valence-electron chi connectivity index (χ4n) is 2.24. The Balaban J connectivity index is 2.20. The van der Waals surface area contributed by atoms with Crippen molar-refractivity contribution in [3.05, 3.63) is 45.6 Å². The summed E-state index contributed by atoms with van der Waals surface area (Å²) in [5, 5.41) is 12.1. The van der Waals surface area contributed by atoms with Crippen LogP contribution in [0.25, 0.3) is 0 Å². The van der Waals surface area contributed by atoms with E-state index in [-0.39, 0.29) is 17.2 Å². The van der Waals surface area contributed by atoms with Crippen molar-refractivity contribution in [1.82, 2.24) is 4.72 Å². The van der Waals surface area contributed by atoms with Crippen LogP contribution in [0.2, 0.25) is 0 Å². The van der Waals surface area contributed by atoms with Gasteiger partial charge in [0.1, 0.15) is 16.7 Å². The first-order chi connectivity index (χ1) is 10.9. The Hall–Kier alpha value is -1.41. The number of aryl methyl sites for hydroxylation is 2. The first-order valence-electron chi connectivity index (χ1n) is 7.27. The van der Waals surface area contributed by atoms with Gasteiger partial charge in [0.05, 0.1) is 7.11 Å². The number of methoxy groups -OCH3 is 1. The number of hydrogen-bond donors (Lipinski definition) is 2. The predicted octanol–water partition coefficient (Wildman–Crippen LogP) is 2.64. The number of aliphatic hydroxyl groups is 1. The molecule has 0 spiro atoms. The van der Waals surface area contributed by atoms with Gasteiger partial charge in [-0.1, -0.05) is 13.0 Å². The van der Waals surface area contributed by atoms with E-state index in [1.54, 1.807) is 12.1 Å². The third-order valence-electron chi connectivity index (χ3n) is 3.60. The van der Waals surface area contributed by atoms with Gasteiger partial charge < -0.3 is 9.84 Å². The van der Waals surface area contributed by atoms with Crippen LogP contribution in [0.3, 0.4) is 0 Å². The minimum atomic E-state index is -3.76. The molecule has 0 saturated carbocycles. The summed E-state index contributed by atoms with van der Waals surface area (Å²) in [5.74, 6) is 0.288. The van der Waals surface area contributed by atoms with E-state index in [1.807, 2.05) is 31.4 Å². The van der Waals surface area contributed by atoms with Gasteiger partial charge in [-0.2, -0.15) is 0 Å². The third-order valence-corrected chi connectivity index (χ3v) is 6.16. The summed E-state index contributed by atoms with van der Waals surface area (Å²) in [7, 11) is -2.33. The molecule has 2 rings (SSSR count). The maximum Gasteiger partial charge on any atom is 0.244 e. The highest BCUT2D eigenvalue weighted by atomic mass is 32.2. The van der Waals surface area contributed by atoms with Crippen LogP contribution in [0.15, 0.2) is 34.5 Å². The highest BCUT2D eigenvalue weighted by Gasteiger charge is 2.22. The molecule has 5 nitrogen and oxygen atoms in total. The molecule has 1 atom stereocenters. The van der Waals surface area contributed by atoms with E-state index >= 15 is 0 Å². The van der Waals surface area contributed by atoms with Crippen LogP contribution in [0.4, 0.5) is 0 Å². The molecule has 1 aromatic heterocycles. The van der Waals surface area contributed by atoms with Crippen LogP contribution < -0.4 is 9.46 Å². The topological polar surface area (TPSA) is 75.6 Å². The Morgan fingerprint density at radius 3 is 2.65 bits per heavy atom. The Morgan fingerprint density at radius 1 is 1.35 bits per heavy atom. The van der Waals surface area contributed by atoms with E-state index in [4.69, 9.17) is 4.74 Å². The van der Waals surface area contributed by atoms with Crippen molar-refractivity contribution in [2.75, 3.05) is 13.7 Å². The van der Waals surface area contributed by atoms with E-state index in [0.717, 1.165) is 22.4 Å². The zero-order chi connectivity index (χ0) is 17.0. The van der Waals surface area contributed by atoms with Crippen LogP contribution >= 0.6 is 11.3 Å². The molecule has 1 heterocycles. The molecule has 0 bridgehead atoms. The quantitative estimate of drug-likeness (QED) is 0.801. The van der Waals surface area contributed by atoms with Gasteiger partial charge in [0.25, 0.3) is 0 Å². The molecule has 7 heteroatoms. The largest absolute Gasteiger partial charge is 0.495 e. The van der Waals surface area contributed by atoms with Gasteiger partial charge in [0.15, 0.2) is 0 Å². The standard InChI is InChI=1S/C16H21NO4S2/c1-4-12-5-6-14(21-3)15(9-12)23(19,20)17-10-13(18)16-11(2)7-8-22-16/h5-9,13,17-18H,4,10H2,1-3H3. The van der Waals surface area contributed by atoms with Gasteiger partial charge in [-0.25, -0.2) is 13.1 Å². The lowest BCUT2D eigenvalue weighted by Gasteiger charge is -2.14. The molecule has 0 radical (unpaired) electrons. The molecule has 2 N–H and O–H groups in total. The summed E-state index contributed by atoms with van der Waals surface area (Å²) in [6.07, 6.45) is -0.145. The van der Waals surface area contributed by atoms with Crippen molar-refractivity contribution in [1.29, 1.82) is 0 Å². The van der Waals surface area contributed by atoms with Crippen molar-refractivity contribution in [2.24, 2.45) is 0 Å². The summed E-state index contributed by atoms with van der Waals surface area (Å²) in [6.45, 7) is 3.76. The lowest BCUT2D eigenvalue weighted by molar-refractivity contribution is 0.185. The molecule has 2 aromatic rings. The minimum absolute atomic E-state index is 0.0802. The lowest BCUT2D eigenvalue weighted by atomic mass is 10.2. The van der Waals surface area contributed by atoms with E-state index in [0.29, 0.717) is 0 Å². The van der Waals surface area contributed by atoms with Crippen molar-refractivity contribution in [2.45, 2.75) is 31.3 Å². The second-order valence-electron chi connectivity index (χ2n) is 5.17. The van der Waals surface area contributed by atoms with Gasteiger partial charge in [0.2, 0.25) is 10.0 Å². The second kappa shape index (κ2) is 7.44. The molecule has 0 aliphatic carbocycles. The van der Waals surface area contributed by atoms with Gasteiger partial charge in [-0.3, -0.25) is 0 Å². The van der Waals surface area contributed by atoms with Crippen LogP contribution in [-0.4, -0.2) is 27.2 Å². The summed E-state index contributed by atoms with van der Waals surface area (Å²) in [5.41, 5.74) is 1.85. The average molecular weight is 355 g/mol. The number of benzene rings is 1. The first-order valence-corrected chi connectivity index (χ1v) is 9.64. The molecule has 23 heavy (non-hydrogen) atoms. The van der Waals surface area contributed by atoms with E-state index in [1.165, 1.54) is 18.4 Å². The van der Waals surface area contributed by atoms with Crippen molar-refractivity contribution < 1.29 is 18.3 Å². The number of nitrogens with one attached hydrogen (secondary N) is 1. The Kier molecular flexibility index (Phi) is 5.80. The molecule has 0 aliphatic heterocycles. The fraction of sp³-hybridized carbons (Fsp3) is 0.375. The smallest absolute Gasteiger partial charge is 0.244 e. The van der Waals surface area contributed by atoms with Crippen LogP contribution in [0.5, 0.6) is 5.75 Å². The maximum atomic E-state index is 12.5. The summed E-state index contributed by atoms with van der Waals surface area (Å²) in [4.78, 5) is 0.858. The van der Waals surface area contributed by atoms with E-state index in [2.05, 4.69) is 4.72 Å². The zero-order valence-corrected chi connectivity index (χ0v) is 15.0. The van der Waals surface area contributed by atoms with Crippen LogP contribution in [0.1, 0.15) is 29.0 Å². The molecule has 1 aromatic carbocycles. The van der Waals surface area contributed by atoms with Crippen molar-refractivity contribution in [3.8, 4) is 5.75 Å². The Bertz CT molecular complexity index is 768. The molecule has 0 fully saturated rings. The van der Waals surface area contributed by atoms with Crippen molar-refractivity contribution >= 4 is 21.4 Å². The fourth-order valence-corrected chi connectivity index (χ4v) is 4.40. The summed E-state index contributed by atoms with van der Waals surface area (Å²) in [6, 6.07) is 6.98. The number of sulfonamides is 1. The average Bonchev–Trinajstić information content (AvgIpc) is 2.98. The number of thiophene rings is 1. The molecular weight excluding hydrogens is 334 g/mol. The highest BCUT2D eigenvalue weighted by Crippen LogP contribution is 2.27. The molecule has 0 aliphatic rings. The molecular formula is C16H21NO4S2. The number of hydrogen-bond acceptors (Lipinski definition) is 5. The molecule has 126 valence electrons. The summed E-state index contributed by atoms with van der Waals surface area (Å²) >= 11 is 1.41. The Morgan fingerprint density at radius 2 is 2.09 bits per heavy atom. The minimum Gasteiger partial charge on any atom is -0.495 e. The number of rotatable bonds is 7. The van der Waals surface area contributed by atoms with Crippen molar-refractivity contribution in [3.63, 3.8) is 0 Å². The highest BCUT2D eigenvalue weighted by molar-refractivity contribution is 7.89. The third kappa shape index (κ3) is 4.11. The lowest BCUT2D eigenvalue weighted by Crippen LogP contribution is -2.29. The molecule has 1 unspecified atom stereocenters. The van der Waals surface area contributed by atoms with Gasteiger partial charge in [-0.15, -0.1) is 11.3 Å². The van der Waals surface area contributed by atoms with Gasteiger partial charge in [-0.05, 0) is 48.1 Å². The maximum absolute atomic E-state index is 12.5. The van der Waals surface area contributed by atoms with E-state index < -0.39 is 16.1 Å². The monoisotopic (exact) mass is 355 g/mol. The first kappa shape index (κ1) is 17.9. The SMILES string of the molecule is CCc1ccc(OC)c(S(=O)(=O)NCC(O)c2sccc2C)c1. The number of aliphatic hydroxyl groups excluding tert-OH is 1. The van der Waals surface area contributed by atoms with Crippen LogP contribution in [0, 0.1) is 6.92 Å². The summed E-state index contributed by atoms with van der Waals surface area (Å²) < 4.78 is 32.7. The van der Waals surface area contributed by atoms with E-state index in [9.17, 15) is 13.5 Å². The second-order valence-corrected chi connectivity index (χ2v) is 7.86. The Labute approximate surface area is 141 Å². The zero-order valence-electron chi connectivity index (χ0n) is 13.4. The number of ether oxygens (including phenoxy) is 1. The molecule has 0 amide bonds. The normalized spacial score (nSPS) is 13.0. The van der Waals surface area contributed by atoms with Gasteiger partial charge >= 0.3 is 0 Å². The molecule has 0 saturated heterocycles.